The second kappa shape index (κ2) is 7.49. The van der Waals surface area contributed by atoms with E-state index in [9.17, 15) is 4.57 Å². The van der Waals surface area contributed by atoms with Crippen LogP contribution in [0.1, 0.15) is 32.1 Å². The SMILES string of the molecule is O=P(C(Br)=C=C1CCCCC1)(c1ccccc1)c1ccccc1. The van der Waals surface area contributed by atoms with Crippen LogP contribution in [0.4, 0.5) is 0 Å². The van der Waals surface area contributed by atoms with Crippen LogP contribution < -0.4 is 10.6 Å². The van der Waals surface area contributed by atoms with Gasteiger partial charge in [-0.25, -0.2) is 0 Å². The third-order valence-corrected chi connectivity index (χ3v) is 8.67. The van der Waals surface area contributed by atoms with Gasteiger partial charge in [0.05, 0.1) is 0 Å². The molecule has 1 aliphatic carbocycles. The minimum Gasteiger partial charge on any atom is -0.307 e. The molecule has 118 valence electrons. The number of benzene rings is 2. The van der Waals surface area contributed by atoms with Crippen LogP contribution in [0.2, 0.25) is 0 Å². The first-order valence-corrected chi connectivity index (χ1v) is 10.6. The summed E-state index contributed by atoms with van der Waals surface area (Å²) in [6.07, 6.45) is 5.85. The maximum absolute atomic E-state index is 14.0. The van der Waals surface area contributed by atoms with Gasteiger partial charge in [0.2, 0.25) is 0 Å². The summed E-state index contributed by atoms with van der Waals surface area (Å²) in [5.41, 5.74) is 4.73. The van der Waals surface area contributed by atoms with E-state index in [2.05, 4.69) is 21.7 Å². The molecule has 0 N–H and O–H groups in total. The van der Waals surface area contributed by atoms with E-state index in [1.54, 1.807) is 0 Å². The molecule has 0 bridgehead atoms. The molecule has 0 radical (unpaired) electrons. The predicted octanol–water partition coefficient (Wildman–Crippen LogP) is 5.73. The normalized spacial score (nSPS) is 15.1. The minimum atomic E-state index is -2.88. The van der Waals surface area contributed by atoms with Crippen LogP contribution in [0.3, 0.4) is 0 Å². The number of hydrogen-bond acceptors (Lipinski definition) is 1. The quantitative estimate of drug-likeness (QED) is 0.486. The Morgan fingerprint density at radius 3 is 1.78 bits per heavy atom. The first-order chi connectivity index (χ1) is 11.2. The molecule has 0 aliphatic heterocycles. The van der Waals surface area contributed by atoms with E-state index >= 15 is 0 Å². The van der Waals surface area contributed by atoms with E-state index in [1.807, 2.05) is 60.7 Å². The van der Waals surface area contributed by atoms with Crippen LogP contribution in [0, 0.1) is 0 Å². The van der Waals surface area contributed by atoms with Crippen LogP contribution in [-0.4, -0.2) is 0 Å². The zero-order valence-corrected chi connectivity index (χ0v) is 15.5. The fourth-order valence-electron chi connectivity index (χ4n) is 2.98. The molecule has 2 aromatic rings. The van der Waals surface area contributed by atoms with E-state index in [0.29, 0.717) is 4.22 Å². The molecule has 0 heterocycles. The molecular formula is C20H20BrOP. The molecule has 1 nitrogen and oxygen atoms in total. The highest BCUT2D eigenvalue weighted by molar-refractivity contribution is 9.13. The predicted molar refractivity (Wildman–Crippen MR) is 102 cm³/mol. The fourth-order valence-corrected chi connectivity index (χ4v) is 6.74. The van der Waals surface area contributed by atoms with Gasteiger partial charge >= 0.3 is 0 Å². The summed E-state index contributed by atoms with van der Waals surface area (Å²) < 4.78 is 14.7. The zero-order valence-electron chi connectivity index (χ0n) is 13.0. The maximum Gasteiger partial charge on any atom is 0.185 e. The summed E-state index contributed by atoms with van der Waals surface area (Å²) in [6, 6.07) is 19.5. The zero-order chi connectivity index (χ0) is 16.1. The third-order valence-electron chi connectivity index (χ3n) is 4.25. The van der Waals surface area contributed by atoms with Gasteiger partial charge in [0.25, 0.3) is 0 Å². The van der Waals surface area contributed by atoms with Crippen molar-refractivity contribution in [1.82, 2.24) is 0 Å². The first-order valence-electron chi connectivity index (χ1n) is 8.07. The Labute approximate surface area is 146 Å². The lowest BCUT2D eigenvalue weighted by atomic mass is 9.96. The Kier molecular flexibility index (Phi) is 5.38. The summed E-state index contributed by atoms with van der Waals surface area (Å²) in [6.45, 7) is 0. The average Bonchev–Trinajstić information content (AvgIpc) is 2.63. The molecule has 3 rings (SSSR count). The Morgan fingerprint density at radius 1 is 0.826 bits per heavy atom. The van der Waals surface area contributed by atoms with Crippen molar-refractivity contribution in [1.29, 1.82) is 0 Å². The van der Waals surface area contributed by atoms with Crippen LogP contribution in [-0.2, 0) is 4.57 Å². The summed E-state index contributed by atoms with van der Waals surface area (Å²) in [7, 11) is -2.88. The number of halogens is 1. The average molecular weight is 387 g/mol. The lowest BCUT2D eigenvalue weighted by molar-refractivity contribution is 0.591. The van der Waals surface area contributed by atoms with Crippen molar-refractivity contribution < 1.29 is 4.57 Å². The molecule has 0 aromatic heterocycles. The van der Waals surface area contributed by atoms with Gasteiger partial charge in [-0.1, -0.05) is 67.1 Å². The fraction of sp³-hybridized carbons (Fsp3) is 0.250. The standard InChI is InChI=1S/C20H20BrOP/c21-20(16-17-10-4-1-5-11-17)23(22,18-12-6-2-7-13-18)19-14-8-3-9-15-19/h2-3,6-9,12-15H,1,4-5,10-11H2. The topological polar surface area (TPSA) is 17.1 Å². The van der Waals surface area contributed by atoms with Gasteiger partial charge in [0, 0.05) is 10.6 Å². The van der Waals surface area contributed by atoms with E-state index < -0.39 is 7.14 Å². The van der Waals surface area contributed by atoms with Gasteiger partial charge in [-0.2, -0.15) is 0 Å². The Balaban J connectivity index is 2.17. The molecule has 0 amide bonds. The van der Waals surface area contributed by atoms with Gasteiger partial charge in [0.1, 0.15) is 4.22 Å². The second-order valence-electron chi connectivity index (χ2n) is 5.86. The molecule has 2 aromatic carbocycles. The molecule has 1 saturated carbocycles. The number of hydrogen-bond donors (Lipinski definition) is 0. The summed E-state index contributed by atoms with van der Waals surface area (Å²) in [4.78, 5) is 0. The van der Waals surface area contributed by atoms with Crippen molar-refractivity contribution in [2.24, 2.45) is 0 Å². The Hall–Kier alpha value is -1.33. The van der Waals surface area contributed by atoms with E-state index in [4.69, 9.17) is 0 Å². The van der Waals surface area contributed by atoms with Crippen molar-refractivity contribution in [3.63, 3.8) is 0 Å². The lowest BCUT2D eigenvalue weighted by Crippen LogP contribution is -2.15. The smallest absolute Gasteiger partial charge is 0.185 e. The van der Waals surface area contributed by atoms with Crippen molar-refractivity contribution in [2.75, 3.05) is 0 Å². The molecule has 0 atom stereocenters. The van der Waals surface area contributed by atoms with Gasteiger partial charge in [-0.3, -0.25) is 0 Å². The summed E-state index contributed by atoms with van der Waals surface area (Å²) >= 11 is 3.63. The highest BCUT2D eigenvalue weighted by atomic mass is 79.9. The van der Waals surface area contributed by atoms with Gasteiger partial charge in [-0.05, 0) is 47.2 Å². The van der Waals surface area contributed by atoms with E-state index in [1.165, 1.54) is 24.8 Å². The second-order valence-corrected chi connectivity index (χ2v) is 9.96. The maximum atomic E-state index is 14.0. The molecule has 0 unspecified atom stereocenters. The number of rotatable bonds is 3. The molecule has 1 aliphatic rings. The molecule has 3 heteroatoms. The summed E-state index contributed by atoms with van der Waals surface area (Å²) in [5, 5.41) is 1.70. The van der Waals surface area contributed by atoms with Crippen molar-refractivity contribution in [3.05, 3.63) is 76.2 Å². The van der Waals surface area contributed by atoms with Crippen LogP contribution in [0.15, 0.2) is 76.2 Å². The van der Waals surface area contributed by atoms with Crippen LogP contribution in [0.25, 0.3) is 0 Å². The van der Waals surface area contributed by atoms with Gasteiger partial charge < -0.3 is 4.57 Å². The molecular weight excluding hydrogens is 367 g/mol. The summed E-state index contributed by atoms with van der Waals surface area (Å²) in [5.74, 6) is 0. The minimum absolute atomic E-state index is 0.694. The monoisotopic (exact) mass is 386 g/mol. The third kappa shape index (κ3) is 3.61. The first kappa shape index (κ1) is 16.5. The van der Waals surface area contributed by atoms with Gasteiger partial charge in [0.15, 0.2) is 7.14 Å². The van der Waals surface area contributed by atoms with Crippen molar-refractivity contribution >= 4 is 33.7 Å². The van der Waals surface area contributed by atoms with Crippen LogP contribution in [0.5, 0.6) is 0 Å². The molecule has 0 saturated heterocycles. The number of allylic oxidation sites excluding steroid dienone is 1. The van der Waals surface area contributed by atoms with E-state index in [0.717, 1.165) is 23.5 Å². The molecule has 23 heavy (non-hydrogen) atoms. The molecule has 1 fully saturated rings. The highest BCUT2D eigenvalue weighted by Crippen LogP contribution is 2.54. The largest absolute Gasteiger partial charge is 0.307 e. The molecule has 0 spiro atoms. The highest BCUT2D eigenvalue weighted by Gasteiger charge is 2.30. The Bertz CT molecular complexity index is 722. The van der Waals surface area contributed by atoms with Gasteiger partial charge in [-0.15, -0.1) is 5.73 Å². The lowest BCUT2D eigenvalue weighted by Gasteiger charge is -2.18. The van der Waals surface area contributed by atoms with Crippen molar-refractivity contribution in [2.45, 2.75) is 32.1 Å². The van der Waals surface area contributed by atoms with Crippen LogP contribution >= 0.6 is 23.1 Å². The van der Waals surface area contributed by atoms with E-state index in [-0.39, 0.29) is 0 Å². The Morgan fingerprint density at radius 2 is 1.30 bits per heavy atom. The van der Waals surface area contributed by atoms with Crippen molar-refractivity contribution in [3.8, 4) is 0 Å².